The summed E-state index contributed by atoms with van der Waals surface area (Å²) in [4.78, 5) is 22.2. The number of anilines is 1. The number of hydrogen-bond acceptors (Lipinski definition) is 6. The molecule has 0 saturated carbocycles. The predicted molar refractivity (Wildman–Crippen MR) is 113 cm³/mol. The van der Waals surface area contributed by atoms with Crippen molar-refractivity contribution in [1.29, 1.82) is 0 Å². The van der Waals surface area contributed by atoms with Gasteiger partial charge < -0.3 is 15.2 Å². The fraction of sp³-hybridized carbons (Fsp3) is 0.350. The van der Waals surface area contributed by atoms with Crippen molar-refractivity contribution >= 4 is 44.9 Å². The standard InChI is InChI=1S/C20H22ClN3O3S/c1-11-12(2)28-20-18(11)19(23-16(24-20)5-4-6-17(25)26)22-10-13-7-8-15(27-3)14(21)9-13/h7-9H,4-6,10H2,1-3H3,(H,25,26)(H,22,23,24). The van der Waals surface area contributed by atoms with Gasteiger partial charge in [-0.3, -0.25) is 4.79 Å². The molecule has 0 fully saturated rings. The van der Waals surface area contributed by atoms with Crippen molar-refractivity contribution in [2.24, 2.45) is 0 Å². The topological polar surface area (TPSA) is 84.3 Å². The van der Waals surface area contributed by atoms with Gasteiger partial charge in [-0.05, 0) is 43.5 Å². The maximum absolute atomic E-state index is 10.8. The van der Waals surface area contributed by atoms with E-state index in [1.165, 1.54) is 4.88 Å². The number of fused-ring (bicyclic) bond motifs is 1. The number of aromatic nitrogens is 2. The Morgan fingerprint density at radius 1 is 1.32 bits per heavy atom. The summed E-state index contributed by atoms with van der Waals surface area (Å²) in [7, 11) is 1.59. The Labute approximate surface area is 172 Å². The summed E-state index contributed by atoms with van der Waals surface area (Å²) < 4.78 is 5.20. The highest BCUT2D eigenvalue weighted by Gasteiger charge is 2.15. The van der Waals surface area contributed by atoms with E-state index < -0.39 is 5.97 Å². The fourth-order valence-corrected chi connectivity index (χ4v) is 4.27. The Hall–Kier alpha value is -2.38. The van der Waals surface area contributed by atoms with Crippen LogP contribution in [0.3, 0.4) is 0 Å². The number of nitrogens with zero attached hydrogens (tertiary/aromatic N) is 2. The van der Waals surface area contributed by atoms with Crippen LogP contribution in [0.2, 0.25) is 5.02 Å². The van der Waals surface area contributed by atoms with Crippen LogP contribution < -0.4 is 10.1 Å². The molecule has 148 valence electrons. The average Bonchev–Trinajstić information content (AvgIpc) is 2.93. The molecule has 0 spiro atoms. The van der Waals surface area contributed by atoms with Gasteiger partial charge in [-0.2, -0.15) is 0 Å². The van der Waals surface area contributed by atoms with Gasteiger partial charge in [0.05, 0.1) is 17.5 Å². The summed E-state index contributed by atoms with van der Waals surface area (Å²) in [5.41, 5.74) is 2.17. The molecule has 0 aliphatic carbocycles. The lowest BCUT2D eigenvalue weighted by molar-refractivity contribution is -0.137. The van der Waals surface area contributed by atoms with Gasteiger partial charge in [-0.25, -0.2) is 9.97 Å². The van der Waals surface area contributed by atoms with Crippen molar-refractivity contribution in [3.05, 3.63) is 45.1 Å². The highest BCUT2D eigenvalue weighted by Crippen LogP contribution is 2.34. The van der Waals surface area contributed by atoms with Gasteiger partial charge in [0.25, 0.3) is 0 Å². The van der Waals surface area contributed by atoms with E-state index >= 15 is 0 Å². The number of aryl methyl sites for hydroxylation is 3. The van der Waals surface area contributed by atoms with Crippen molar-refractivity contribution < 1.29 is 14.6 Å². The maximum Gasteiger partial charge on any atom is 0.303 e. The number of halogens is 1. The zero-order valence-electron chi connectivity index (χ0n) is 16.0. The molecule has 0 amide bonds. The van der Waals surface area contributed by atoms with E-state index in [1.807, 2.05) is 18.2 Å². The van der Waals surface area contributed by atoms with E-state index in [9.17, 15) is 4.79 Å². The summed E-state index contributed by atoms with van der Waals surface area (Å²) in [6.07, 6.45) is 1.15. The molecule has 0 atom stereocenters. The number of carboxylic acid groups (broad SMARTS) is 1. The molecule has 0 aliphatic rings. The minimum Gasteiger partial charge on any atom is -0.495 e. The summed E-state index contributed by atoms with van der Waals surface area (Å²) >= 11 is 7.85. The second kappa shape index (κ2) is 8.75. The number of ether oxygens (including phenoxy) is 1. The summed E-state index contributed by atoms with van der Waals surface area (Å²) in [5.74, 6) is 1.26. The van der Waals surface area contributed by atoms with E-state index in [2.05, 4.69) is 29.1 Å². The van der Waals surface area contributed by atoms with Crippen LogP contribution in [0.4, 0.5) is 5.82 Å². The van der Waals surface area contributed by atoms with Crippen LogP contribution in [0.1, 0.15) is 34.7 Å². The number of methoxy groups -OCH3 is 1. The van der Waals surface area contributed by atoms with Gasteiger partial charge in [-0.1, -0.05) is 17.7 Å². The number of carbonyl (C=O) groups is 1. The number of benzene rings is 1. The van der Waals surface area contributed by atoms with Crippen LogP contribution in [-0.4, -0.2) is 28.2 Å². The summed E-state index contributed by atoms with van der Waals surface area (Å²) in [6, 6.07) is 5.66. The molecule has 8 heteroatoms. The number of rotatable bonds is 8. The minimum absolute atomic E-state index is 0.108. The van der Waals surface area contributed by atoms with Crippen molar-refractivity contribution in [2.75, 3.05) is 12.4 Å². The zero-order chi connectivity index (χ0) is 20.3. The van der Waals surface area contributed by atoms with Crippen LogP contribution in [0.25, 0.3) is 10.2 Å². The molecule has 3 rings (SSSR count). The molecule has 0 unspecified atom stereocenters. The van der Waals surface area contributed by atoms with E-state index in [0.717, 1.165) is 27.2 Å². The first-order chi connectivity index (χ1) is 13.4. The predicted octanol–water partition coefficient (Wildman–Crippen LogP) is 4.99. The lowest BCUT2D eigenvalue weighted by atomic mass is 10.2. The van der Waals surface area contributed by atoms with E-state index in [-0.39, 0.29) is 6.42 Å². The molecule has 3 aromatic rings. The highest BCUT2D eigenvalue weighted by atomic mass is 35.5. The molecule has 0 aliphatic heterocycles. The summed E-state index contributed by atoms with van der Waals surface area (Å²) in [6.45, 7) is 4.69. The number of thiophene rings is 1. The highest BCUT2D eigenvalue weighted by molar-refractivity contribution is 7.18. The zero-order valence-corrected chi connectivity index (χ0v) is 17.6. The van der Waals surface area contributed by atoms with Gasteiger partial charge >= 0.3 is 5.97 Å². The molecule has 1 aromatic carbocycles. The molecule has 6 nitrogen and oxygen atoms in total. The van der Waals surface area contributed by atoms with Crippen LogP contribution in [-0.2, 0) is 17.8 Å². The SMILES string of the molecule is COc1ccc(CNc2nc(CCCC(=O)O)nc3sc(C)c(C)c23)cc1Cl. The normalized spacial score (nSPS) is 11.0. The number of nitrogens with one attached hydrogen (secondary N) is 1. The molecule has 0 radical (unpaired) electrons. The Balaban J connectivity index is 1.87. The van der Waals surface area contributed by atoms with Crippen LogP contribution >= 0.6 is 22.9 Å². The number of hydrogen-bond donors (Lipinski definition) is 2. The maximum atomic E-state index is 10.8. The van der Waals surface area contributed by atoms with Crippen LogP contribution in [0, 0.1) is 13.8 Å². The van der Waals surface area contributed by atoms with Crippen molar-refractivity contribution in [2.45, 2.75) is 39.7 Å². The third-order valence-electron chi connectivity index (χ3n) is 4.54. The smallest absolute Gasteiger partial charge is 0.303 e. The number of carboxylic acids is 1. The molecule has 2 N–H and O–H groups in total. The van der Waals surface area contributed by atoms with Gasteiger partial charge in [0.15, 0.2) is 0 Å². The third kappa shape index (κ3) is 4.54. The molecule has 28 heavy (non-hydrogen) atoms. The average molecular weight is 420 g/mol. The molecule has 2 heterocycles. The lowest BCUT2D eigenvalue weighted by Gasteiger charge is -2.11. The Kier molecular flexibility index (Phi) is 6.36. The second-order valence-electron chi connectivity index (χ2n) is 6.52. The van der Waals surface area contributed by atoms with Gasteiger partial charge in [0.1, 0.15) is 22.2 Å². The Bertz CT molecular complexity index is 1020. The molecule has 0 saturated heterocycles. The van der Waals surface area contributed by atoms with Crippen molar-refractivity contribution in [3.63, 3.8) is 0 Å². The van der Waals surface area contributed by atoms with E-state index in [4.69, 9.17) is 21.4 Å². The molecular formula is C20H22ClN3O3S. The Morgan fingerprint density at radius 2 is 2.11 bits per heavy atom. The molecule has 0 bridgehead atoms. The summed E-state index contributed by atoms with van der Waals surface area (Å²) in [5, 5.41) is 13.8. The number of aliphatic carboxylic acids is 1. The Morgan fingerprint density at radius 3 is 2.79 bits per heavy atom. The quantitative estimate of drug-likeness (QED) is 0.535. The third-order valence-corrected chi connectivity index (χ3v) is 5.94. The fourth-order valence-electron chi connectivity index (χ4n) is 2.94. The largest absolute Gasteiger partial charge is 0.495 e. The van der Waals surface area contributed by atoms with Gasteiger partial charge in [0.2, 0.25) is 0 Å². The second-order valence-corrected chi connectivity index (χ2v) is 8.13. The first kappa shape index (κ1) is 20.4. The molecule has 2 aromatic heterocycles. The first-order valence-electron chi connectivity index (χ1n) is 8.93. The van der Waals surface area contributed by atoms with Crippen molar-refractivity contribution in [3.8, 4) is 5.75 Å². The minimum atomic E-state index is -0.807. The van der Waals surface area contributed by atoms with E-state index in [1.54, 1.807) is 18.4 Å². The van der Waals surface area contributed by atoms with Gasteiger partial charge in [-0.15, -0.1) is 11.3 Å². The monoisotopic (exact) mass is 419 g/mol. The van der Waals surface area contributed by atoms with Crippen molar-refractivity contribution in [1.82, 2.24) is 9.97 Å². The van der Waals surface area contributed by atoms with Crippen LogP contribution in [0.5, 0.6) is 5.75 Å². The molecular weight excluding hydrogens is 398 g/mol. The van der Waals surface area contributed by atoms with Crippen LogP contribution in [0.15, 0.2) is 18.2 Å². The van der Waals surface area contributed by atoms with E-state index in [0.29, 0.717) is 36.0 Å². The van der Waals surface area contributed by atoms with Gasteiger partial charge in [0, 0.05) is 24.3 Å². The first-order valence-corrected chi connectivity index (χ1v) is 10.1. The lowest BCUT2D eigenvalue weighted by Crippen LogP contribution is -2.06.